The average molecular weight is 391 g/mol. The highest BCUT2D eigenvalue weighted by atomic mass is 35.5. The second-order valence-corrected chi connectivity index (χ2v) is 7.18. The fourth-order valence-corrected chi connectivity index (χ4v) is 3.37. The Labute approximate surface area is 166 Å². The Bertz CT molecular complexity index is 716. The molecule has 2 aromatic rings. The van der Waals surface area contributed by atoms with E-state index in [4.69, 9.17) is 26.2 Å². The van der Waals surface area contributed by atoms with Crippen molar-refractivity contribution in [1.82, 2.24) is 9.80 Å². The summed E-state index contributed by atoms with van der Waals surface area (Å²) < 4.78 is 11.5. The summed E-state index contributed by atoms with van der Waals surface area (Å²) in [6.07, 6.45) is 0. The van der Waals surface area contributed by atoms with Gasteiger partial charge in [-0.3, -0.25) is 9.80 Å². The molecule has 1 N–H and O–H groups in total. The lowest BCUT2D eigenvalue weighted by atomic mass is 10.1. The minimum Gasteiger partial charge on any atom is -0.493 e. The molecule has 0 amide bonds. The van der Waals surface area contributed by atoms with Crippen molar-refractivity contribution >= 4 is 11.6 Å². The molecule has 2 aromatic carbocycles. The molecule has 1 aliphatic rings. The van der Waals surface area contributed by atoms with Crippen LogP contribution in [0.1, 0.15) is 11.1 Å². The van der Waals surface area contributed by atoms with Crippen LogP contribution < -0.4 is 9.47 Å². The van der Waals surface area contributed by atoms with Gasteiger partial charge in [0.15, 0.2) is 11.5 Å². The first kappa shape index (κ1) is 20.0. The van der Waals surface area contributed by atoms with E-state index in [0.717, 1.165) is 61.4 Å². The molecule has 0 spiro atoms. The van der Waals surface area contributed by atoms with Crippen LogP contribution in [-0.4, -0.2) is 61.3 Å². The summed E-state index contributed by atoms with van der Waals surface area (Å²) >= 11 is 5.92. The Hall–Kier alpha value is -1.79. The van der Waals surface area contributed by atoms with Gasteiger partial charge in [0.25, 0.3) is 0 Å². The zero-order valence-electron chi connectivity index (χ0n) is 15.7. The zero-order valence-corrected chi connectivity index (χ0v) is 16.5. The number of β-amino-alcohol motifs (C(OH)–C–C–N with tert-alkyl or cyclic N) is 1. The standard InChI is InChI=1S/C21H27ClN2O3/c1-26-21-14-18(15-24-10-8-23(9-11-24)12-13-25)4-7-20(21)27-16-17-2-5-19(22)6-3-17/h2-7,14,25H,8-13,15-16H2,1H3. The van der Waals surface area contributed by atoms with E-state index < -0.39 is 0 Å². The molecule has 1 fully saturated rings. The van der Waals surface area contributed by atoms with Crippen LogP contribution in [0.3, 0.4) is 0 Å². The molecular weight excluding hydrogens is 364 g/mol. The first-order valence-electron chi connectivity index (χ1n) is 9.27. The molecule has 0 unspecified atom stereocenters. The number of benzene rings is 2. The third kappa shape index (κ3) is 5.84. The molecule has 0 saturated carbocycles. The lowest BCUT2D eigenvalue weighted by Gasteiger charge is -2.34. The summed E-state index contributed by atoms with van der Waals surface area (Å²) in [7, 11) is 1.67. The highest BCUT2D eigenvalue weighted by molar-refractivity contribution is 6.30. The lowest BCUT2D eigenvalue weighted by Crippen LogP contribution is -2.46. The van der Waals surface area contributed by atoms with Crippen LogP contribution in [0.25, 0.3) is 0 Å². The Kier molecular flexibility index (Phi) is 7.35. The summed E-state index contributed by atoms with van der Waals surface area (Å²) in [6.45, 7) is 6.38. The van der Waals surface area contributed by atoms with Crippen molar-refractivity contribution in [3.05, 3.63) is 58.6 Å². The first-order valence-corrected chi connectivity index (χ1v) is 9.65. The number of aliphatic hydroxyl groups excluding tert-OH is 1. The molecule has 0 bridgehead atoms. The number of rotatable bonds is 8. The van der Waals surface area contributed by atoms with Crippen LogP contribution in [0.2, 0.25) is 5.02 Å². The predicted octanol–water partition coefficient (Wildman–Crippen LogP) is 3.04. The number of halogens is 1. The minimum absolute atomic E-state index is 0.231. The molecule has 0 radical (unpaired) electrons. The van der Waals surface area contributed by atoms with E-state index in [1.54, 1.807) is 7.11 Å². The number of hydrogen-bond acceptors (Lipinski definition) is 5. The number of methoxy groups -OCH3 is 1. The Morgan fingerprint density at radius 3 is 2.26 bits per heavy atom. The van der Waals surface area contributed by atoms with Crippen molar-refractivity contribution in [3.63, 3.8) is 0 Å². The maximum Gasteiger partial charge on any atom is 0.161 e. The molecule has 5 nitrogen and oxygen atoms in total. The summed E-state index contributed by atoms with van der Waals surface area (Å²) in [5, 5.41) is 9.77. The Morgan fingerprint density at radius 2 is 1.59 bits per heavy atom. The van der Waals surface area contributed by atoms with Crippen LogP contribution in [0.5, 0.6) is 11.5 Å². The second-order valence-electron chi connectivity index (χ2n) is 6.74. The fraction of sp³-hybridized carbons (Fsp3) is 0.429. The molecule has 1 aliphatic heterocycles. The van der Waals surface area contributed by atoms with E-state index in [2.05, 4.69) is 21.9 Å². The van der Waals surface area contributed by atoms with E-state index in [1.165, 1.54) is 5.56 Å². The second kappa shape index (κ2) is 9.95. The number of ether oxygens (including phenoxy) is 2. The van der Waals surface area contributed by atoms with Crippen LogP contribution in [0.15, 0.2) is 42.5 Å². The maximum absolute atomic E-state index is 9.04. The topological polar surface area (TPSA) is 45.2 Å². The number of piperazine rings is 1. The molecular formula is C21H27ClN2O3. The van der Waals surface area contributed by atoms with Crippen LogP contribution in [0, 0.1) is 0 Å². The third-order valence-corrected chi connectivity index (χ3v) is 5.07. The highest BCUT2D eigenvalue weighted by Crippen LogP contribution is 2.29. The van der Waals surface area contributed by atoms with Crippen LogP contribution in [0.4, 0.5) is 0 Å². The molecule has 6 heteroatoms. The van der Waals surface area contributed by atoms with Crippen molar-refractivity contribution in [1.29, 1.82) is 0 Å². The molecule has 1 saturated heterocycles. The summed E-state index contributed by atoms with van der Waals surface area (Å²) in [5.74, 6) is 1.49. The molecule has 3 rings (SSSR count). The number of nitrogens with zero attached hydrogens (tertiary/aromatic N) is 2. The van der Waals surface area contributed by atoms with Gasteiger partial charge >= 0.3 is 0 Å². The summed E-state index contributed by atoms with van der Waals surface area (Å²) in [4.78, 5) is 4.72. The summed E-state index contributed by atoms with van der Waals surface area (Å²) in [5.41, 5.74) is 2.27. The van der Waals surface area contributed by atoms with Gasteiger partial charge in [0.2, 0.25) is 0 Å². The highest BCUT2D eigenvalue weighted by Gasteiger charge is 2.17. The Morgan fingerprint density at radius 1 is 0.926 bits per heavy atom. The van der Waals surface area contributed by atoms with Crippen molar-refractivity contribution in [2.24, 2.45) is 0 Å². The molecule has 0 aromatic heterocycles. The van der Waals surface area contributed by atoms with Gasteiger partial charge in [0.1, 0.15) is 6.61 Å². The molecule has 0 atom stereocenters. The van der Waals surface area contributed by atoms with Gasteiger partial charge in [-0.05, 0) is 35.4 Å². The van der Waals surface area contributed by atoms with Crippen molar-refractivity contribution < 1.29 is 14.6 Å². The molecule has 1 heterocycles. The van der Waals surface area contributed by atoms with Gasteiger partial charge < -0.3 is 14.6 Å². The monoisotopic (exact) mass is 390 g/mol. The van der Waals surface area contributed by atoms with Crippen molar-refractivity contribution in [2.45, 2.75) is 13.2 Å². The van der Waals surface area contributed by atoms with Crippen LogP contribution >= 0.6 is 11.6 Å². The molecule has 146 valence electrons. The van der Waals surface area contributed by atoms with E-state index in [9.17, 15) is 0 Å². The normalized spacial score (nSPS) is 15.7. The smallest absolute Gasteiger partial charge is 0.161 e. The van der Waals surface area contributed by atoms with Gasteiger partial charge in [-0.1, -0.05) is 29.8 Å². The summed E-state index contributed by atoms with van der Waals surface area (Å²) in [6, 6.07) is 13.8. The first-order chi connectivity index (χ1) is 13.2. The van der Waals surface area contributed by atoms with E-state index in [0.29, 0.717) is 6.61 Å². The van der Waals surface area contributed by atoms with Gasteiger partial charge in [-0.25, -0.2) is 0 Å². The SMILES string of the molecule is COc1cc(CN2CCN(CCO)CC2)ccc1OCc1ccc(Cl)cc1. The molecule has 0 aliphatic carbocycles. The lowest BCUT2D eigenvalue weighted by molar-refractivity contribution is 0.108. The molecule has 27 heavy (non-hydrogen) atoms. The maximum atomic E-state index is 9.04. The van der Waals surface area contributed by atoms with Gasteiger partial charge in [-0.2, -0.15) is 0 Å². The average Bonchev–Trinajstić information content (AvgIpc) is 2.70. The third-order valence-electron chi connectivity index (χ3n) is 4.82. The minimum atomic E-state index is 0.231. The Balaban J connectivity index is 1.56. The van der Waals surface area contributed by atoms with E-state index in [-0.39, 0.29) is 6.61 Å². The van der Waals surface area contributed by atoms with Gasteiger partial charge in [0.05, 0.1) is 13.7 Å². The van der Waals surface area contributed by atoms with Crippen molar-refractivity contribution in [2.75, 3.05) is 46.4 Å². The number of hydrogen-bond donors (Lipinski definition) is 1. The van der Waals surface area contributed by atoms with Gasteiger partial charge in [0, 0.05) is 44.3 Å². The zero-order chi connectivity index (χ0) is 19.1. The van der Waals surface area contributed by atoms with E-state index >= 15 is 0 Å². The van der Waals surface area contributed by atoms with Gasteiger partial charge in [-0.15, -0.1) is 0 Å². The quantitative estimate of drug-likeness (QED) is 0.750. The largest absolute Gasteiger partial charge is 0.493 e. The van der Waals surface area contributed by atoms with Crippen LogP contribution in [-0.2, 0) is 13.2 Å². The van der Waals surface area contributed by atoms with Crippen molar-refractivity contribution in [3.8, 4) is 11.5 Å². The predicted molar refractivity (Wildman–Crippen MR) is 108 cm³/mol. The number of aliphatic hydroxyl groups is 1. The fourth-order valence-electron chi connectivity index (χ4n) is 3.24. The van der Waals surface area contributed by atoms with E-state index in [1.807, 2.05) is 30.3 Å².